The Balaban J connectivity index is 1.13. The second-order valence-electron chi connectivity index (χ2n) is 16.4. The van der Waals surface area contributed by atoms with Gasteiger partial charge in [-0.25, -0.2) is 19.0 Å². The van der Waals surface area contributed by atoms with Crippen molar-refractivity contribution in [2.45, 2.75) is 76.5 Å². The van der Waals surface area contributed by atoms with Crippen molar-refractivity contribution in [2.24, 2.45) is 11.5 Å². The highest BCUT2D eigenvalue weighted by Crippen LogP contribution is 2.47. The van der Waals surface area contributed by atoms with E-state index in [1.54, 1.807) is 37.3 Å². The molecule has 1 aliphatic carbocycles. The van der Waals surface area contributed by atoms with Gasteiger partial charge < -0.3 is 51.1 Å². The van der Waals surface area contributed by atoms with Crippen LogP contribution in [0, 0.1) is 12.7 Å². The molecule has 68 heavy (non-hydrogen) atoms. The number of alkyl halides is 3. The minimum Gasteiger partial charge on any atom is -0.457 e. The molecule has 0 saturated heterocycles. The molecule has 2 aliphatic heterocycles. The Kier molecular flexibility index (Phi) is 14.0. The van der Waals surface area contributed by atoms with Crippen LogP contribution >= 0.6 is 0 Å². The van der Waals surface area contributed by atoms with E-state index >= 15 is 4.39 Å². The Morgan fingerprint density at radius 2 is 1.78 bits per heavy atom. The molecule has 19 nitrogen and oxygen atoms in total. The maximum Gasteiger partial charge on any atom is 0.490 e. The molecule has 2 aromatic carbocycles. The second kappa shape index (κ2) is 19.5. The number of aromatic nitrogens is 2. The predicted molar refractivity (Wildman–Crippen MR) is 229 cm³/mol. The average molecular weight is 951 g/mol. The number of primary amides is 1. The number of halogens is 4. The number of amides is 5. The first kappa shape index (κ1) is 48.7. The van der Waals surface area contributed by atoms with E-state index in [0.29, 0.717) is 39.6 Å². The molecule has 0 fully saturated rings. The molecule has 360 valence electrons. The van der Waals surface area contributed by atoms with Crippen LogP contribution in [-0.4, -0.2) is 108 Å². The van der Waals surface area contributed by atoms with Crippen LogP contribution in [0.2, 0.25) is 0 Å². The third kappa shape index (κ3) is 9.61. The first-order valence-electron chi connectivity index (χ1n) is 21.4. The zero-order valence-corrected chi connectivity index (χ0v) is 36.7. The van der Waals surface area contributed by atoms with Crippen molar-refractivity contribution >= 4 is 52.4 Å². The average Bonchev–Trinajstić information content (AvgIpc) is 3.67. The number of nitrogens with one attached hydrogen (secondary N) is 3. The standard InChI is InChI=1S/C45H46F4N8O11/c1-3-44(68-43(65)45(47,48)49)27-14-32-39-25(18-57(32)40(62)26(27)20-67-42(44)64)38-29(10-9-24-22(2)28(46)15-30(55-39)37(24)38)53-36(61)21-66-12-11-56(19-33(51)58)41(63)31(13-23-7-5-4-6-8-23)54-35(60)17-52-34(59)16-50/h4-8,14-15,29,31H,3,9-13,16-21,50H2,1-2H3,(H2,51,58)(H,52,59)(H,53,61)(H,54,60)/t29-,31-,44-/m0/s1. The van der Waals surface area contributed by atoms with Crippen LogP contribution < -0.4 is 33.0 Å². The van der Waals surface area contributed by atoms with Gasteiger partial charge in [0.2, 0.25) is 35.1 Å². The summed E-state index contributed by atoms with van der Waals surface area (Å²) in [4.78, 5) is 109. The number of hydrogen-bond acceptors (Lipinski definition) is 13. The smallest absolute Gasteiger partial charge is 0.457 e. The Hall–Kier alpha value is -7.27. The number of nitrogens with zero attached hydrogens (tertiary/aromatic N) is 3. The maximum atomic E-state index is 15.5. The van der Waals surface area contributed by atoms with E-state index in [1.165, 1.54) is 23.6 Å². The van der Waals surface area contributed by atoms with Crippen LogP contribution in [0.4, 0.5) is 17.6 Å². The Morgan fingerprint density at radius 3 is 2.46 bits per heavy atom. The van der Waals surface area contributed by atoms with Crippen LogP contribution in [0.25, 0.3) is 22.3 Å². The Morgan fingerprint density at radius 1 is 1.04 bits per heavy atom. The number of fused-ring (bicyclic) bond motifs is 5. The third-order valence-corrected chi connectivity index (χ3v) is 12.1. The van der Waals surface area contributed by atoms with E-state index in [4.69, 9.17) is 30.7 Å². The number of benzene rings is 2. The molecule has 4 heterocycles. The van der Waals surface area contributed by atoms with Gasteiger partial charge >= 0.3 is 18.1 Å². The molecular weight excluding hydrogens is 905 g/mol. The Labute approximate surface area is 383 Å². The van der Waals surface area contributed by atoms with Crippen molar-refractivity contribution in [3.05, 3.63) is 97.6 Å². The molecule has 23 heteroatoms. The van der Waals surface area contributed by atoms with Crippen molar-refractivity contribution in [1.82, 2.24) is 30.4 Å². The summed E-state index contributed by atoms with van der Waals surface area (Å²) in [5.41, 5.74) is 9.69. The summed E-state index contributed by atoms with van der Waals surface area (Å²) in [6.07, 6.45) is -5.47. The SMILES string of the molecule is CC[C@@]1(OC(=O)C(F)(F)F)C(=O)OCc2c1cc1n(c2=O)Cc2c-1nc1cc(F)c(C)c3c1c2[C@@H](NC(=O)COCCN(CC(N)=O)C(=O)[C@H](Cc1ccccc1)NC(=O)CNC(=O)CN)CC3. The highest BCUT2D eigenvalue weighted by Gasteiger charge is 2.55. The van der Waals surface area contributed by atoms with Crippen molar-refractivity contribution in [1.29, 1.82) is 0 Å². The van der Waals surface area contributed by atoms with E-state index in [1.807, 2.05) is 0 Å². The zero-order chi connectivity index (χ0) is 49.2. The number of carbonyl (C=O) groups is 7. The number of pyridine rings is 2. The molecule has 0 spiro atoms. The van der Waals surface area contributed by atoms with Gasteiger partial charge in [-0.2, -0.15) is 13.2 Å². The van der Waals surface area contributed by atoms with E-state index < -0.39 is 109 Å². The fourth-order valence-corrected chi connectivity index (χ4v) is 8.87. The lowest BCUT2D eigenvalue weighted by Crippen LogP contribution is -2.54. The van der Waals surface area contributed by atoms with E-state index in [0.717, 1.165) is 4.90 Å². The number of aryl methyl sites for hydroxylation is 1. The van der Waals surface area contributed by atoms with Gasteiger partial charge in [0.15, 0.2) is 0 Å². The van der Waals surface area contributed by atoms with Gasteiger partial charge in [-0.15, -0.1) is 0 Å². The predicted octanol–water partition coefficient (Wildman–Crippen LogP) is 0.877. The number of carbonyl (C=O) groups excluding carboxylic acids is 7. The lowest BCUT2D eigenvalue weighted by Gasteiger charge is -2.35. The van der Waals surface area contributed by atoms with Gasteiger partial charge in [0.25, 0.3) is 5.56 Å². The van der Waals surface area contributed by atoms with E-state index in [2.05, 4.69) is 16.0 Å². The van der Waals surface area contributed by atoms with Gasteiger partial charge in [-0.3, -0.25) is 28.8 Å². The quantitative estimate of drug-likeness (QED) is 0.0493. The van der Waals surface area contributed by atoms with E-state index in [-0.39, 0.29) is 67.1 Å². The van der Waals surface area contributed by atoms with Crippen LogP contribution in [0.3, 0.4) is 0 Å². The van der Waals surface area contributed by atoms with Crippen LogP contribution in [0.5, 0.6) is 0 Å². The maximum absolute atomic E-state index is 15.5. The molecule has 3 aliphatic rings. The molecule has 0 saturated carbocycles. The lowest BCUT2D eigenvalue weighted by molar-refractivity contribution is -0.223. The first-order chi connectivity index (χ1) is 32.3. The molecule has 7 rings (SSSR count). The lowest BCUT2D eigenvalue weighted by atomic mass is 9.81. The summed E-state index contributed by atoms with van der Waals surface area (Å²) in [6.45, 7) is -0.382. The first-order valence-corrected chi connectivity index (χ1v) is 21.4. The van der Waals surface area contributed by atoms with Crippen LogP contribution in [-0.2, 0) is 79.4 Å². The number of rotatable bonds is 17. The highest BCUT2D eigenvalue weighted by molar-refractivity contribution is 5.95. The van der Waals surface area contributed by atoms with Gasteiger partial charge in [0.1, 0.15) is 25.1 Å². The summed E-state index contributed by atoms with van der Waals surface area (Å²) in [5, 5.41) is 8.35. The second-order valence-corrected chi connectivity index (χ2v) is 16.4. The van der Waals surface area contributed by atoms with Gasteiger partial charge in [-0.05, 0) is 54.5 Å². The monoisotopic (exact) mass is 950 g/mol. The minimum atomic E-state index is -5.49. The molecule has 0 bridgehead atoms. The molecule has 2 aromatic heterocycles. The number of cyclic esters (lactones) is 1. The van der Waals surface area contributed by atoms with Gasteiger partial charge in [-0.1, -0.05) is 37.3 Å². The number of nitrogens with two attached hydrogens (primary N) is 2. The summed E-state index contributed by atoms with van der Waals surface area (Å²) < 4.78 is 72.9. The molecule has 5 amide bonds. The summed E-state index contributed by atoms with van der Waals surface area (Å²) in [6, 6.07) is 9.13. The third-order valence-electron chi connectivity index (χ3n) is 12.1. The van der Waals surface area contributed by atoms with Crippen molar-refractivity contribution < 1.29 is 65.3 Å². The molecule has 0 unspecified atom stereocenters. The molecule has 7 N–H and O–H groups in total. The van der Waals surface area contributed by atoms with Gasteiger partial charge in [0.05, 0.1) is 61.3 Å². The number of esters is 2. The fourth-order valence-electron chi connectivity index (χ4n) is 8.87. The Bertz CT molecular complexity index is 2800. The largest absolute Gasteiger partial charge is 0.490 e. The summed E-state index contributed by atoms with van der Waals surface area (Å²) in [7, 11) is 0. The highest BCUT2D eigenvalue weighted by atomic mass is 19.4. The van der Waals surface area contributed by atoms with Crippen molar-refractivity contribution in [3.8, 4) is 11.4 Å². The summed E-state index contributed by atoms with van der Waals surface area (Å²) >= 11 is 0. The number of hydrogen-bond donors (Lipinski definition) is 5. The minimum absolute atomic E-state index is 0.00443. The number of ether oxygens (including phenoxy) is 3. The van der Waals surface area contributed by atoms with Crippen molar-refractivity contribution in [3.63, 3.8) is 0 Å². The van der Waals surface area contributed by atoms with E-state index in [9.17, 15) is 51.5 Å². The normalized spacial score (nSPS) is 17.2. The topological polar surface area (TPSA) is 273 Å². The zero-order valence-electron chi connectivity index (χ0n) is 36.7. The van der Waals surface area contributed by atoms with Crippen molar-refractivity contribution in [2.75, 3.05) is 39.4 Å². The molecule has 0 radical (unpaired) electrons. The summed E-state index contributed by atoms with van der Waals surface area (Å²) in [5.74, 6) is -8.07. The van der Waals surface area contributed by atoms with Gasteiger partial charge in [0, 0.05) is 35.5 Å². The molecular formula is C45H46F4N8O11. The van der Waals surface area contributed by atoms with Crippen LogP contribution in [0.1, 0.15) is 64.8 Å². The molecule has 4 aromatic rings. The molecule has 3 atom stereocenters. The fraction of sp³-hybridized carbons (Fsp3) is 0.400. The van der Waals surface area contributed by atoms with Crippen LogP contribution in [0.15, 0.2) is 47.3 Å².